The van der Waals surface area contributed by atoms with E-state index in [1.54, 1.807) is 59.4 Å². The lowest BCUT2D eigenvalue weighted by molar-refractivity contribution is 0.102. The Morgan fingerprint density at radius 3 is 2.34 bits per heavy atom. The largest absolute Gasteiger partial charge is 0.489 e. The molecule has 0 bridgehead atoms. The maximum absolute atomic E-state index is 13.1. The zero-order valence-corrected chi connectivity index (χ0v) is 19.1. The number of rotatable bonds is 7. The minimum Gasteiger partial charge on any atom is -0.489 e. The molecule has 5 nitrogen and oxygen atoms in total. The second-order valence-electron chi connectivity index (χ2n) is 7.04. The summed E-state index contributed by atoms with van der Waals surface area (Å²) in [5.41, 5.74) is 2.33. The molecule has 1 amide bonds. The molecule has 0 unspecified atom stereocenters. The number of ether oxygens (including phenoxy) is 1. The molecule has 0 fully saturated rings. The van der Waals surface area contributed by atoms with Crippen LogP contribution in [0.1, 0.15) is 21.5 Å². The van der Waals surface area contributed by atoms with E-state index in [1.165, 1.54) is 12.1 Å². The van der Waals surface area contributed by atoms with Gasteiger partial charge in [-0.2, -0.15) is 5.10 Å². The number of benzene rings is 3. The lowest BCUT2D eigenvalue weighted by Crippen LogP contribution is -2.13. The first kappa shape index (κ1) is 22.0. The van der Waals surface area contributed by atoms with Crippen molar-refractivity contribution >= 4 is 39.3 Å². The van der Waals surface area contributed by atoms with Crippen molar-refractivity contribution in [1.82, 2.24) is 9.78 Å². The molecule has 0 saturated heterocycles. The molecule has 0 radical (unpaired) electrons. The molecule has 0 atom stereocenters. The molecule has 8 heteroatoms. The highest BCUT2D eigenvalue weighted by Crippen LogP contribution is 2.22. The van der Waals surface area contributed by atoms with Crippen molar-refractivity contribution in [2.45, 2.75) is 13.2 Å². The van der Waals surface area contributed by atoms with E-state index in [0.29, 0.717) is 34.0 Å². The first-order chi connectivity index (χ1) is 15.5. The van der Waals surface area contributed by atoms with Gasteiger partial charge < -0.3 is 10.1 Å². The van der Waals surface area contributed by atoms with Gasteiger partial charge in [-0.25, -0.2) is 4.39 Å². The van der Waals surface area contributed by atoms with Gasteiger partial charge in [0, 0.05) is 16.8 Å². The Labute approximate surface area is 197 Å². The third-order valence-corrected chi connectivity index (χ3v) is 5.47. The highest BCUT2D eigenvalue weighted by molar-refractivity contribution is 9.10. The molecule has 0 aliphatic rings. The van der Waals surface area contributed by atoms with Crippen LogP contribution in [-0.2, 0) is 13.2 Å². The number of nitrogens with one attached hydrogen (secondary N) is 1. The van der Waals surface area contributed by atoms with E-state index in [1.807, 2.05) is 12.1 Å². The molecule has 0 aliphatic heterocycles. The van der Waals surface area contributed by atoms with E-state index in [0.717, 1.165) is 16.9 Å². The van der Waals surface area contributed by atoms with Gasteiger partial charge in [0.25, 0.3) is 5.91 Å². The van der Waals surface area contributed by atoms with Crippen molar-refractivity contribution in [1.29, 1.82) is 0 Å². The monoisotopic (exact) mass is 513 g/mol. The fourth-order valence-corrected chi connectivity index (χ4v) is 3.51. The first-order valence-corrected chi connectivity index (χ1v) is 10.9. The van der Waals surface area contributed by atoms with Crippen molar-refractivity contribution in [3.8, 4) is 5.75 Å². The quantitative estimate of drug-likeness (QED) is 0.314. The van der Waals surface area contributed by atoms with Crippen molar-refractivity contribution in [3.05, 3.63) is 111 Å². The zero-order valence-electron chi connectivity index (χ0n) is 16.8. The topological polar surface area (TPSA) is 56.2 Å². The lowest BCUT2D eigenvalue weighted by atomic mass is 10.1. The Kier molecular flexibility index (Phi) is 6.87. The van der Waals surface area contributed by atoms with Gasteiger partial charge in [0.2, 0.25) is 0 Å². The second-order valence-corrected chi connectivity index (χ2v) is 8.33. The maximum Gasteiger partial charge on any atom is 0.256 e. The van der Waals surface area contributed by atoms with Gasteiger partial charge in [-0.15, -0.1) is 0 Å². The molecule has 162 valence electrons. The first-order valence-electron chi connectivity index (χ1n) is 9.72. The van der Waals surface area contributed by atoms with Crippen LogP contribution in [0.2, 0.25) is 5.02 Å². The van der Waals surface area contributed by atoms with E-state index in [9.17, 15) is 9.18 Å². The summed E-state index contributed by atoms with van der Waals surface area (Å²) in [6.45, 7) is 0.833. The zero-order chi connectivity index (χ0) is 22.5. The van der Waals surface area contributed by atoms with Crippen LogP contribution in [0.5, 0.6) is 5.75 Å². The van der Waals surface area contributed by atoms with Gasteiger partial charge >= 0.3 is 0 Å². The number of amides is 1. The molecule has 0 aliphatic carbocycles. The molecule has 4 aromatic rings. The molecule has 32 heavy (non-hydrogen) atoms. The SMILES string of the molecule is O=C(Nc1nn(Cc2ccc(F)cc2)cc1Br)c1ccc(COc2ccc(Cl)cc2)cc1. The highest BCUT2D eigenvalue weighted by atomic mass is 79.9. The third-order valence-electron chi connectivity index (χ3n) is 4.64. The Bertz CT molecular complexity index is 1210. The Morgan fingerprint density at radius 1 is 1.00 bits per heavy atom. The summed E-state index contributed by atoms with van der Waals surface area (Å²) in [7, 11) is 0. The van der Waals surface area contributed by atoms with Crippen LogP contribution in [0, 0.1) is 5.82 Å². The number of hydrogen-bond donors (Lipinski definition) is 1. The molecule has 0 spiro atoms. The number of nitrogens with zero attached hydrogens (tertiary/aromatic N) is 2. The summed E-state index contributed by atoms with van der Waals surface area (Å²) in [4.78, 5) is 12.6. The van der Waals surface area contributed by atoms with Gasteiger partial charge in [0.1, 0.15) is 18.2 Å². The van der Waals surface area contributed by atoms with Crippen LogP contribution in [0.15, 0.2) is 83.5 Å². The Morgan fingerprint density at radius 2 is 1.66 bits per heavy atom. The molecule has 1 aromatic heterocycles. The van der Waals surface area contributed by atoms with Crippen LogP contribution in [-0.4, -0.2) is 15.7 Å². The van der Waals surface area contributed by atoms with Crippen LogP contribution >= 0.6 is 27.5 Å². The van der Waals surface area contributed by atoms with E-state index in [-0.39, 0.29) is 11.7 Å². The lowest BCUT2D eigenvalue weighted by Gasteiger charge is -2.08. The van der Waals surface area contributed by atoms with Gasteiger partial charge in [-0.05, 0) is 75.6 Å². The average Bonchev–Trinajstić information content (AvgIpc) is 3.13. The fourth-order valence-electron chi connectivity index (χ4n) is 2.97. The van der Waals surface area contributed by atoms with Crippen molar-refractivity contribution < 1.29 is 13.9 Å². The predicted molar refractivity (Wildman–Crippen MR) is 126 cm³/mol. The van der Waals surface area contributed by atoms with E-state index in [4.69, 9.17) is 16.3 Å². The number of carbonyl (C=O) groups excluding carboxylic acids is 1. The highest BCUT2D eigenvalue weighted by Gasteiger charge is 2.12. The van der Waals surface area contributed by atoms with E-state index in [2.05, 4.69) is 26.3 Å². The Hall–Kier alpha value is -3.16. The molecule has 0 saturated carbocycles. The summed E-state index contributed by atoms with van der Waals surface area (Å²) >= 11 is 9.29. The number of carbonyl (C=O) groups is 1. The second kappa shape index (κ2) is 9.97. The van der Waals surface area contributed by atoms with Gasteiger partial charge in [-0.3, -0.25) is 9.48 Å². The average molecular weight is 515 g/mol. The summed E-state index contributed by atoms with van der Waals surface area (Å²) in [6, 6.07) is 20.5. The van der Waals surface area contributed by atoms with Gasteiger partial charge in [0.05, 0.1) is 11.0 Å². The standard InChI is InChI=1S/C24H18BrClFN3O2/c25-22-14-30(13-16-3-9-20(27)10-4-16)29-23(22)28-24(31)18-5-1-17(2-6-18)15-32-21-11-7-19(26)8-12-21/h1-12,14H,13,15H2,(H,28,29,31). The van der Waals surface area contributed by atoms with Crippen LogP contribution in [0.25, 0.3) is 0 Å². The molecule has 4 rings (SSSR count). The molecule has 3 aromatic carbocycles. The van der Waals surface area contributed by atoms with Gasteiger partial charge in [-0.1, -0.05) is 35.9 Å². The van der Waals surface area contributed by atoms with Crippen LogP contribution in [0.4, 0.5) is 10.2 Å². The Balaban J connectivity index is 1.35. The smallest absolute Gasteiger partial charge is 0.256 e. The summed E-state index contributed by atoms with van der Waals surface area (Å²) in [5.74, 6) is 0.568. The van der Waals surface area contributed by atoms with Crippen molar-refractivity contribution in [2.75, 3.05) is 5.32 Å². The van der Waals surface area contributed by atoms with Gasteiger partial charge in [0.15, 0.2) is 5.82 Å². The summed E-state index contributed by atoms with van der Waals surface area (Å²) < 4.78 is 21.1. The number of aromatic nitrogens is 2. The predicted octanol–water partition coefficient (Wildman–Crippen LogP) is 6.32. The minimum absolute atomic E-state index is 0.275. The number of anilines is 1. The minimum atomic E-state index is -0.286. The van der Waals surface area contributed by atoms with Crippen LogP contribution < -0.4 is 10.1 Å². The maximum atomic E-state index is 13.1. The van der Waals surface area contributed by atoms with Crippen LogP contribution in [0.3, 0.4) is 0 Å². The summed E-state index contributed by atoms with van der Waals surface area (Å²) in [5, 5.41) is 7.85. The normalized spacial score (nSPS) is 10.7. The third kappa shape index (κ3) is 5.75. The van der Waals surface area contributed by atoms with E-state index >= 15 is 0 Å². The van der Waals surface area contributed by atoms with Crippen molar-refractivity contribution in [3.63, 3.8) is 0 Å². The van der Waals surface area contributed by atoms with Crippen molar-refractivity contribution in [2.24, 2.45) is 0 Å². The fraction of sp³-hybridized carbons (Fsp3) is 0.0833. The molecule has 1 heterocycles. The number of halogens is 3. The van der Waals surface area contributed by atoms with E-state index < -0.39 is 0 Å². The molecule has 1 N–H and O–H groups in total. The number of hydrogen-bond acceptors (Lipinski definition) is 3. The summed E-state index contributed by atoms with van der Waals surface area (Å²) in [6.07, 6.45) is 1.76. The molecular formula is C24H18BrClFN3O2. The molecular weight excluding hydrogens is 497 g/mol.